The predicted octanol–water partition coefficient (Wildman–Crippen LogP) is 3.20. The summed E-state index contributed by atoms with van der Waals surface area (Å²) in [4.78, 5) is 2.29. The number of hydrogen-bond donors (Lipinski definition) is 1. The zero-order chi connectivity index (χ0) is 14.0. The number of likely N-dealkylation sites (tertiary alicyclic amines) is 1. The minimum Gasteiger partial charge on any atom is -0.495 e. The summed E-state index contributed by atoms with van der Waals surface area (Å²) in [5.74, 6) is 1.03. The van der Waals surface area contributed by atoms with Gasteiger partial charge in [0.2, 0.25) is 0 Å². The molecule has 1 aromatic carbocycles. The molecule has 0 radical (unpaired) electrons. The minimum absolute atomic E-state index is 0.255. The second-order valence-electron chi connectivity index (χ2n) is 5.10. The molecule has 3 nitrogen and oxygen atoms in total. The van der Waals surface area contributed by atoms with E-state index >= 15 is 0 Å². The average Bonchev–Trinajstić information content (AvgIpc) is 2.77. The highest BCUT2D eigenvalue weighted by molar-refractivity contribution is 6.35. The molecule has 1 aliphatic rings. The van der Waals surface area contributed by atoms with Gasteiger partial charge in [-0.3, -0.25) is 4.90 Å². The summed E-state index contributed by atoms with van der Waals surface area (Å²) in [6, 6.07) is 3.58. The molecule has 1 saturated heterocycles. The maximum absolute atomic E-state index is 9.63. The molecule has 2 atom stereocenters. The van der Waals surface area contributed by atoms with Gasteiger partial charge in [-0.05, 0) is 37.9 Å². The van der Waals surface area contributed by atoms with Crippen molar-refractivity contribution < 1.29 is 9.84 Å². The first-order chi connectivity index (χ1) is 9.01. The Hall–Kier alpha value is -0.480. The summed E-state index contributed by atoms with van der Waals surface area (Å²) in [6.45, 7) is 4.46. The van der Waals surface area contributed by atoms with Crippen LogP contribution in [-0.2, 0) is 6.54 Å². The fourth-order valence-electron chi connectivity index (χ4n) is 2.60. The maximum Gasteiger partial charge on any atom is 0.142 e. The molecule has 0 saturated carbocycles. The maximum atomic E-state index is 9.63. The van der Waals surface area contributed by atoms with E-state index in [2.05, 4.69) is 4.90 Å². The number of nitrogens with zero attached hydrogens (tertiary/aromatic N) is 1. The number of ether oxygens (including phenoxy) is 1. The second-order valence-corrected chi connectivity index (χ2v) is 5.95. The summed E-state index contributed by atoms with van der Waals surface area (Å²) >= 11 is 12.2. The molecule has 106 valence electrons. The molecule has 0 spiro atoms. The molecular weight excluding hydrogens is 285 g/mol. The molecule has 1 N–H and O–H groups in total. The monoisotopic (exact) mass is 303 g/mol. The Kier molecular flexibility index (Phi) is 4.96. The SMILES string of the molecule is COc1c(Cl)cc(Cl)cc1CN1CCC(C(C)O)C1. The van der Waals surface area contributed by atoms with Gasteiger partial charge in [-0.1, -0.05) is 23.2 Å². The predicted molar refractivity (Wildman–Crippen MR) is 78.1 cm³/mol. The number of rotatable bonds is 4. The molecule has 1 fully saturated rings. The summed E-state index contributed by atoms with van der Waals surface area (Å²) in [5.41, 5.74) is 0.992. The van der Waals surface area contributed by atoms with Gasteiger partial charge in [0.15, 0.2) is 0 Å². The van der Waals surface area contributed by atoms with Crippen LogP contribution in [0.25, 0.3) is 0 Å². The Morgan fingerprint density at radius 1 is 1.47 bits per heavy atom. The van der Waals surface area contributed by atoms with E-state index in [0.29, 0.717) is 21.7 Å². The van der Waals surface area contributed by atoms with E-state index in [4.69, 9.17) is 27.9 Å². The number of halogens is 2. The molecule has 19 heavy (non-hydrogen) atoms. The van der Waals surface area contributed by atoms with E-state index in [-0.39, 0.29) is 6.10 Å². The van der Waals surface area contributed by atoms with Crippen LogP contribution < -0.4 is 4.74 Å². The third-order valence-electron chi connectivity index (χ3n) is 3.67. The first-order valence-electron chi connectivity index (χ1n) is 6.43. The van der Waals surface area contributed by atoms with E-state index in [1.807, 2.05) is 13.0 Å². The van der Waals surface area contributed by atoms with Crippen molar-refractivity contribution in [2.24, 2.45) is 5.92 Å². The van der Waals surface area contributed by atoms with Crippen molar-refractivity contribution in [2.75, 3.05) is 20.2 Å². The standard InChI is InChI=1S/C14H19Cl2NO2/c1-9(18)10-3-4-17(7-10)8-11-5-12(15)6-13(16)14(11)19-2/h5-6,9-10,18H,3-4,7-8H2,1-2H3. The van der Waals surface area contributed by atoms with Crippen LogP contribution in [0.4, 0.5) is 0 Å². The Balaban J connectivity index is 2.11. The van der Waals surface area contributed by atoms with Crippen LogP contribution in [0.5, 0.6) is 5.75 Å². The van der Waals surface area contributed by atoms with Gasteiger partial charge in [0.05, 0.1) is 18.2 Å². The molecule has 1 heterocycles. The Morgan fingerprint density at radius 2 is 2.21 bits per heavy atom. The Labute approximate surface area is 124 Å². The summed E-state index contributed by atoms with van der Waals surface area (Å²) in [5, 5.41) is 10.8. The molecule has 0 amide bonds. The van der Waals surface area contributed by atoms with Crippen LogP contribution in [0.2, 0.25) is 10.0 Å². The molecule has 1 aliphatic heterocycles. The van der Waals surface area contributed by atoms with Gasteiger partial charge >= 0.3 is 0 Å². The number of methoxy groups -OCH3 is 1. The fraction of sp³-hybridized carbons (Fsp3) is 0.571. The molecule has 1 aromatic rings. The minimum atomic E-state index is -0.255. The van der Waals surface area contributed by atoms with Crippen molar-refractivity contribution in [3.05, 3.63) is 27.7 Å². The number of benzene rings is 1. The third-order valence-corrected chi connectivity index (χ3v) is 4.17. The van der Waals surface area contributed by atoms with Gasteiger partial charge in [0.1, 0.15) is 5.75 Å². The average molecular weight is 304 g/mol. The molecule has 2 rings (SSSR count). The van der Waals surface area contributed by atoms with Crippen molar-refractivity contribution in [3.63, 3.8) is 0 Å². The first-order valence-corrected chi connectivity index (χ1v) is 7.19. The molecule has 0 aromatic heterocycles. The van der Waals surface area contributed by atoms with Gasteiger partial charge in [-0.15, -0.1) is 0 Å². The van der Waals surface area contributed by atoms with Gasteiger partial charge in [0, 0.05) is 23.7 Å². The van der Waals surface area contributed by atoms with Crippen molar-refractivity contribution >= 4 is 23.2 Å². The summed E-state index contributed by atoms with van der Waals surface area (Å²) in [7, 11) is 1.61. The van der Waals surface area contributed by atoms with Crippen LogP contribution in [0, 0.1) is 5.92 Å². The molecule has 5 heteroatoms. The number of aliphatic hydroxyl groups is 1. The topological polar surface area (TPSA) is 32.7 Å². The zero-order valence-electron chi connectivity index (χ0n) is 11.2. The van der Waals surface area contributed by atoms with Crippen LogP contribution in [0.1, 0.15) is 18.9 Å². The largest absolute Gasteiger partial charge is 0.495 e. The van der Waals surface area contributed by atoms with Crippen LogP contribution in [-0.4, -0.2) is 36.3 Å². The highest BCUT2D eigenvalue weighted by Gasteiger charge is 2.26. The normalized spacial score (nSPS) is 21.6. The van der Waals surface area contributed by atoms with Gasteiger partial charge in [-0.2, -0.15) is 0 Å². The number of hydrogen-bond acceptors (Lipinski definition) is 3. The van der Waals surface area contributed by atoms with Gasteiger partial charge in [0.25, 0.3) is 0 Å². The Bertz CT molecular complexity index is 451. The van der Waals surface area contributed by atoms with Crippen LogP contribution >= 0.6 is 23.2 Å². The fourth-order valence-corrected chi connectivity index (χ4v) is 3.21. The van der Waals surface area contributed by atoms with Crippen LogP contribution in [0.15, 0.2) is 12.1 Å². The molecular formula is C14H19Cl2NO2. The summed E-state index contributed by atoms with van der Waals surface area (Å²) in [6.07, 6.45) is 0.767. The lowest BCUT2D eigenvalue weighted by Gasteiger charge is -2.19. The zero-order valence-corrected chi connectivity index (χ0v) is 12.7. The quantitative estimate of drug-likeness (QED) is 0.927. The second kappa shape index (κ2) is 6.31. The molecule has 2 unspecified atom stereocenters. The molecule has 0 aliphatic carbocycles. The van der Waals surface area contributed by atoms with E-state index in [0.717, 1.165) is 31.6 Å². The highest BCUT2D eigenvalue weighted by Crippen LogP contribution is 2.34. The van der Waals surface area contributed by atoms with Gasteiger partial charge in [-0.25, -0.2) is 0 Å². The lowest BCUT2D eigenvalue weighted by molar-refractivity contribution is 0.127. The Morgan fingerprint density at radius 3 is 2.79 bits per heavy atom. The van der Waals surface area contributed by atoms with E-state index in [9.17, 15) is 5.11 Å². The lowest BCUT2D eigenvalue weighted by Crippen LogP contribution is -2.24. The van der Waals surface area contributed by atoms with Crippen LogP contribution in [0.3, 0.4) is 0 Å². The number of aliphatic hydroxyl groups excluding tert-OH is 1. The van der Waals surface area contributed by atoms with E-state index in [1.54, 1.807) is 13.2 Å². The van der Waals surface area contributed by atoms with Crippen molar-refractivity contribution in [1.29, 1.82) is 0 Å². The smallest absolute Gasteiger partial charge is 0.142 e. The first kappa shape index (κ1) is 14.9. The summed E-state index contributed by atoms with van der Waals surface area (Å²) < 4.78 is 5.35. The molecule has 0 bridgehead atoms. The third kappa shape index (κ3) is 3.54. The van der Waals surface area contributed by atoms with Crippen molar-refractivity contribution in [2.45, 2.75) is 26.0 Å². The van der Waals surface area contributed by atoms with Crippen molar-refractivity contribution in [3.8, 4) is 5.75 Å². The van der Waals surface area contributed by atoms with Crippen molar-refractivity contribution in [1.82, 2.24) is 4.90 Å². The van der Waals surface area contributed by atoms with E-state index in [1.165, 1.54) is 0 Å². The lowest BCUT2D eigenvalue weighted by atomic mass is 10.0. The highest BCUT2D eigenvalue weighted by atomic mass is 35.5. The van der Waals surface area contributed by atoms with Gasteiger partial charge < -0.3 is 9.84 Å². The van der Waals surface area contributed by atoms with E-state index < -0.39 is 0 Å².